The summed E-state index contributed by atoms with van der Waals surface area (Å²) in [6, 6.07) is 3.53. The topological polar surface area (TPSA) is 143 Å². The Morgan fingerprint density at radius 3 is 2.56 bits per heavy atom. The summed E-state index contributed by atoms with van der Waals surface area (Å²) in [6.07, 6.45) is 4.98. The lowest BCUT2D eigenvalue weighted by atomic mass is 9.57. The van der Waals surface area contributed by atoms with Crippen LogP contribution >= 0.6 is 0 Å². The molecular formula is C18H25N5O2. The van der Waals surface area contributed by atoms with Crippen LogP contribution in [0.25, 0.3) is 6.08 Å². The standard InChI is InChI=1S/C18H25N5O2/c1-10-14-13(15(24)25-10)8-16(2,20)17(3,21)18(14,22)7-6-12-5-4-11(19)9-23-12/h4-7,9-10H,8,19-22H2,1-3H3/b7-6+/t10-,16-,17+,18+/m1/s1. The van der Waals surface area contributed by atoms with Crippen molar-refractivity contribution in [3.63, 3.8) is 0 Å². The van der Waals surface area contributed by atoms with E-state index in [4.69, 9.17) is 27.7 Å². The van der Waals surface area contributed by atoms with Gasteiger partial charge < -0.3 is 27.7 Å². The third-order valence-corrected chi connectivity index (χ3v) is 5.62. The Morgan fingerprint density at radius 1 is 1.28 bits per heavy atom. The van der Waals surface area contributed by atoms with E-state index in [-0.39, 0.29) is 5.97 Å². The molecule has 8 N–H and O–H groups in total. The molecule has 0 spiro atoms. The minimum absolute atomic E-state index is 0.325. The largest absolute Gasteiger partial charge is 0.455 e. The van der Waals surface area contributed by atoms with E-state index in [9.17, 15) is 4.79 Å². The van der Waals surface area contributed by atoms with Crippen molar-refractivity contribution in [3.05, 3.63) is 41.2 Å². The maximum atomic E-state index is 12.2. The number of esters is 1. The van der Waals surface area contributed by atoms with Crippen molar-refractivity contribution in [2.24, 2.45) is 17.2 Å². The molecular weight excluding hydrogens is 318 g/mol. The number of nitrogen functional groups attached to an aromatic ring is 1. The molecule has 0 unspecified atom stereocenters. The number of hydrogen-bond acceptors (Lipinski definition) is 7. The Labute approximate surface area is 147 Å². The monoisotopic (exact) mass is 343 g/mol. The molecule has 1 aromatic heterocycles. The third kappa shape index (κ3) is 2.47. The minimum atomic E-state index is -1.15. The van der Waals surface area contributed by atoms with Crippen LogP contribution in [0.4, 0.5) is 5.69 Å². The summed E-state index contributed by atoms with van der Waals surface area (Å²) in [5, 5.41) is 0. The number of ether oxygens (including phenoxy) is 1. The van der Waals surface area contributed by atoms with E-state index in [0.717, 1.165) is 0 Å². The van der Waals surface area contributed by atoms with Gasteiger partial charge in [-0.2, -0.15) is 0 Å². The number of hydrogen-bond donors (Lipinski definition) is 4. The molecule has 7 heteroatoms. The first-order valence-electron chi connectivity index (χ1n) is 8.21. The second kappa shape index (κ2) is 5.39. The number of carbonyl (C=O) groups excluding carboxylic acids is 1. The van der Waals surface area contributed by atoms with Crippen LogP contribution in [0.2, 0.25) is 0 Å². The smallest absolute Gasteiger partial charge is 0.334 e. The average Bonchev–Trinajstić information content (AvgIpc) is 2.79. The summed E-state index contributed by atoms with van der Waals surface area (Å²) in [6.45, 7) is 5.42. The van der Waals surface area contributed by atoms with E-state index < -0.39 is 22.7 Å². The fourth-order valence-electron chi connectivity index (χ4n) is 3.70. The van der Waals surface area contributed by atoms with Crippen LogP contribution in [0.3, 0.4) is 0 Å². The Kier molecular flexibility index (Phi) is 3.79. The van der Waals surface area contributed by atoms with Crippen LogP contribution in [0.5, 0.6) is 0 Å². The molecule has 7 nitrogen and oxygen atoms in total. The SMILES string of the molecule is C[C@H]1OC(=O)C2=C1[C@@](N)(/C=C/c1ccc(N)cn1)[C@@](C)(N)[C@](C)(N)C2. The summed E-state index contributed by atoms with van der Waals surface area (Å²) in [7, 11) is 0. The van der Waals surface area contributed by atoms with Gasteiger partial charge in [0.25, 0.3) is 0 Å². The molecule has 1 aliphatic carbocycles. The number of anilines is 1. The Hall–Kier alpha value is -2.22. The summed E-state index contributed by atoms with van der Waals surface area (Å²) < 4.78 is 5.39. The highest BCUT2D eigenvalue weighted by molar-refractivity contribution is 5.94. The highest BCUT2D eigenvalue weighted by atomic mass is 16.5. The van der Waals surface area contributed by atoms with Crippen LogP contribution < -0.4 is 22.9 Å². The van der Waals surface area contributed by atoms with Gasteiger partial charge in [-0.05, 0) is 45.4 Å². The highest BCUT2D eigenvalue weighted by Gasteiger charge is 2.61. The average molecular weight is 343 g/mol. The molecule has 0 aromatic carbocycles. The molecule has 25 heavy (non-hydrogen) atoms. The van der Waals surface area contributed by atoms with Gasteiger partial charge in [-0.1, -0.05) is 6.08 Å². The molecule has 134 valence electrons. The van der Waals surface area contributed by atoms with Gasteiger partial charge in [0.05, 0.1) is 28.7 Å². The van der Waals surface area contributed by atoms with Gasteiger partial charge in [0.1, 0.15) is 6.10 Å². The van der Waals surface area contributed by atoms with Crippen LogP contribution in [0, 0.1) is 0 Å². The van der Waals surface area contributed by atoms with Crippen molar-refractivity contribution < 1.29 is 9.53 Å². The van der Waals surface area contributed by atoms with Crippen LogP contribution in [-0.2, 0) is 9.53 Å². The molecule has 0 amide bonds. The fraction of sp³-hybridized carbons (Fsp3) is 0.444. The second-order valence-electron chi connectivity index (χ2n) is 7.46. The van der Waals surface area contributed by atoms with Gasteiger partial charge in [-0.3, -0.25) is 4.98 Å². The molecule has 2 aliphatic rings. The number of rotatable bonds is 2. The summed E-state index contributed by atoms with van der Waals surface area (Å²) in [5.74, 6) is -0.372. The maximum absolute atomic E-state index is 12.2. The number of aromatic nitrogens is 1. The lowest BCUT2D eigenvalue weighted by Gasteiger charge is -2.55. The quantitative estimate of drug-likeness (QED) is 0.571. The van der Waals surface area contributed by atoms with Gasteiger partial charge >= 0.3 is 5.97 Å². The predicted octanol–water partition coefficient (Wildman–Crippen LogP) is 0.455. The number of carbonyl (C=O) groups is 1. The summed E-state index contributed by atoms with van der Waals surface area (Å²) >= 11 is 0. The van der Waals surface area contributed by atoms with Crippen molar-refractivity contribution in [3.8, 4) is 0 Å². The first-order chi connectivity index (χ1) is 11.5. The molecule has 3 rings (SSSR count). The van der Waals surface area contributed by atoms with Gasteiger partial charge in [0, 0.05) is 16.7 Å². The molecule has 0 saturated heterocycles. The van der Waals surface area contributed by atoms with Gasteiger partial charge in [-0.25, -0.2) is 4.79 Å². The van der Waals surface area contributed by atoms with E-state index in [1.807, 2.05) is 13.8 Å². The van der Waals surface area contributed by atoms with E-state index in [2.05, 4.69) is 4.98 Å². The minimum Gasteiger partial charge on any atom is -0.455 e. The van der Waals surface area contributed by atoms with Crippen molar-refractivity contribution in [1.82, 2.24) is 4.98 Å². The molecule has 4 atom stereocenters. The number of pyridine rings is 1. The lowest BCUT2D eigenvalue weighted by Crippen LogP contribution is -2.79. The normalized spacial score (nSPS) is 38.2. The summed E-state index contributed by atoms with van der Waals surface area (Å²) in [5.41, 5.74) is 25.0. The van der Waals surface area contributed by atoms with Crippen LogP contribution in [0.15, 0.2) is 35.6 Å². The zero-order valence-electron chi connectivity index (χ0n) is 14.7. The molecule has 0 bridgehead atoms. The highest BCUT2D eigenvalue weighted by Crippen LogP contribution is 2.48. The number of nitrogens with two attached hydrogens (primary N) is 4. The van der Waals surface area contributed by atoms with Crippen LogP contribution in [-0.4, -0.2) is 33.7 Å². The van der Waals surface area contributed by atoms with Gasteiger partial charge in [-0.15, -0.1) is 0 Å². The zero-order valence-corrected chi connectivity index (χ0v) is 14.7. The van der Waals surface area contributed by atoms with E-state index in [1.54, 1.807) is 37.4 Å². The van der Waals surface area contributed by atoms with Crippen molar-refractivity contribution in [2.45, 2.75) is 49.9 Å². The third-order valence-electron chi connectivity index (χ3n) is 5.62. The second-order valence-corrected chi connectivity index (χ2v) is 7.46. The lowest BCUT2D eigenvalue weighted by molar-refractivity contribution is -0.139. The Bertz CT molecular complexity index is 779. The fourth-order valence-corrected chi connectivity index (χ4v) is 3.70. The van der Waals surface area contributed by atoms with Gasteiger partial charge in [0.15, 0.2) is 0 Å². The number of cyclic esters (lactones) is 1. The molecule has 0 radical (unpaired) electrons. The molecule has 0 saturated carbocycles. The van der Waals surface area contributed by atoms with Crippen molar-refractivity contribution in [2.75, 3.05) is 5.73 Å². The summed E-state index contributed by atoms with van der Waals surface area (Å²) in [4.78, 5) is 16.5. The first kappa shape index (κ1) is 17.6. The predicted molar refractivity (Wildman–Crippen MR) is 97.0 cm³/mol. The van der Waals surface area contributed by atoms with Crippen molar-refractivity contribution in [1.29, 1.82) is 0 Å². The Morgan fingerprint density at radius 2 is 1.96 bits per heavy atom. The number of nitrogens with zero attached hydrogens (tertiary/aromatic N) is 1. The maximum Gasteiger partial charge on any atom is 0.334 e. The van der Waals surface area contributed by atoms with Gasteiger partial charge in [0.2, 0.25) is 0 Å². The molecule has 1 aromatic rings. The molecule has 0 fully saturated rings. The van der Waals surface area contributed by atoms with Crippen LogP contribution in [0.1, 0.15) is 32.9 Å². The Balaban J connectivity index is 2.14. The molecule has 2 heterocycles. The van der Waals surface area contributed by atoms with E-state index >= 15 is 0 Å². The van der Waals surface area contributed by atoms with E-state index in [1.165, 1.54) is 0 Å². The molecule has 1 aliphatic heterocycles. The van der Waals surface area contributed by atoms with Crippen molar-refractivity contribution >= 4 is 17.7 Å². The van der Waals surface area contributed by atoms with E-state index in [0.29, 0.717) is 28.9 Å². The first-order valence-corrected chi connectivity index (χ1v) is 8.21. The zero-order chi connectivity index (χ0) is 18.6.